The average molecular weight is 259 g/mol. The third-order valence-electron chi connectivity index (χ3n) is 2.47. The quantitative estimate of drug-likeness (QED) is 0.914. The predicted octanol–water partition coefficient (Wildman–Crippen LogP) is 3.36. The van der Waals surface area contributed by atoms with E-state index in [1.54, 1.807) is 36.4 Å². The fourth-order valence-electron chi connectivity index (χ4n) is 1.63. The molecule has 19 heavy (non-hydrogen) atoms. The van der Waals surface area contributed by atoms with Crippen molar-refractivity contribution in [2.24, 2.45) is 0 Å². The Kier molecular flexibility index (Phi) is 4.13. The van der Waals surface area contributed by atoms with Gasteiger partial charge in [-0.05, 0) is 42.0 Å². The van der Waals surface area contributed by atoms with Crippen molar-refractivity contribution >= 4 is 11.6 Å². The van der Waals surface area contributed by atoms with Gasteiger partial charge in [0.25, 0.3) is 0 Å². The first-order valence-corrected chi connectivity index (χ1v) is 5.88. The van der Waals surface area contributed by atoms with Crippen LogP contribution in [0.4, 0.5) is 10.1 Å². The Hall–Kier alpha value is -2.36. The number of anilines is 1. The van der Waals surface area contributed by atoms with Gasteiger partial charge in [0, 0.05) is 12.6 Å². The maximum Gasteiger partial charge on any atom is 0.221 e. The summed E-state index contributed by atoms with van der Waals surface area (Å²) in [5.74, 6) is 0.272. The van der Waals surface area contributed by atoms with Crippen molar-refractivity contribution in [2.45, 2.75) is 13.5 Å². The zero-order valence-electron chi connectivity index (χ0n) is 10.5. The van der Waals surface area contributed by atoms with E-state index in [4.69, 9.17) is 4.74 Å². The van der Waals surface area contributed by atoms with Crippen molar-refractivity contribution in [3.05, 3.63) is 59.9 Å². The largest absolute Gasteiger partial charge is 0.489 e. The molecule has 3 nitrogen and oxygen atoms in total. The van der Waals surface area contributed by atoms with Crippen LogP contribution in [0.3, 0.4) is 0 Å². The Labute approximate surface area is 111 Å². The highest BCUT2D eigenvalue weighted by Crippen LogP contribution is 2.17. The second kappa shape index (κ2) is 6.00. The number of ether oxygens (including phenoxy) is 1. The summed E-state index contributed by atoms with van der Waals surface area (Å²) < 4.78 is 18.5. The van der Waals surface area contributed by atoms with Gasteiger partial charge in [-0.1, -0.05) is 12.1 Å². The van der Waals surface area contributed by atoms with E-state index in [0.717, 1.165) is 5.56 Å². The highest BCUT2D eigenvalue weighted by molar-refractivity contribution is 5.88. The fourth-order valence-corrected chi connectivity index (χ4v) is 1.63. The van der Waals surface area contributed by atoms with Crippen LogP contribution in [-0.2, 0) is 11.4 Å². The van der Waals surface area contributed by atoms with Crippen molar-refractivity contribution < 1.29 is 13.9 Å². The molecule has 0 unspecified atom stereocenters. The lowest BCUT2D eigenvalue weighted by Crippen LogP contribution is -2.05. The number of hydrogen-bond acceptors (Lipinski definition) is 2. The van der Waals surface area contributed by atoms with Crippen LogP contribution in [0.2, 0.25) is 0 Å². The van der Waals surface area contributed by atoms with E-state index >= 15 is 0 Å². The molecular weight excluding hydrogens is 245 g/mol. The molecular formula is C15H14FNO2. The smallest absolute Gasteiger partial charge is 0.221 e. The molecule has 0 aliphatic heterocycles. The van der Waals surface area contributed by atoms with E-state index in [2.05, 4.69) is 5.32 Å². The van der Waals surface area contributed by atoms with E-state index in [1.807, 2.05) is 0 Å². The topological polar surface area (TPSA) is 38.3 Å². The number of nitrogens with one attached hydrogen (secondary N) is 1. The van der Waals surface area contributed by atoms with Crippen LogP contribution in [0.5, 0.6) is 5.75 Å². The second-order valence-corrected chi connectivity index (χ2v) is 4.12. The summed E-state index contributed by atoms with van der Waals surface area (Å²) in [6.07, 6.45) is 0. The lowest BCUT2D eigenvalue weighted by atomic mass is 10.2. The number of benzene rings is 2. The summed E-state index contributed by atoms with van der Waals surface area (Å²) in [7, 11) is 0. The van der Waals surface area contributed by atoms with Crippen molar-refractivity contribution in [2.75, 3.05) is 5.32 Å². The molecule has 2 rings (SSSR count). The summed E-state index contributed by atoms with van der Waals surface area (Å²) in [4.78, 5) is 10.9. The summed E-state index contributed by atoms with van der Waals surface area (Å²) in [5, 5.41) is 2.67. The molecule has 4 heteroatoms. The molecule has 0 heterocycles. The summed E-state index contributed by atoms with van der Waals surface area (Å²) in [6, 6.07) is 13.3. The van der Waals surface area contributed by atoms with Crippen LogP contribution in [-0.4, -0.2) is 5.91 Å². The molecule has 2 aromatic rings. The van der Waals surface area contributed by atoms with Gasteiger partial charge in [0.15, 0.2) is 0 Å². The highest BCUT2D eigenvalue weighted by atomic mass is 19.1. The van der Waals surface area contributed by atoms with Gasteiger partial charge in [0.2, 0.25) is 5.91 Å². The minimum absolute atomic E-state index is 0.117. The molecule has 2 aromatic carbocycles. The molecule has 1 N–H and O–H groups in total. The predicted molar refractivity (Wildman–Crippen MR) is 71.5 cm³/mol. The maximum atomic E-state index is 13.0. The third-order valence-corrected chi connectivity index (χ3v) is 2.47. The van der Waals surface area contributed by atoms with Crippen LogP contribution < -0.4 is 10.1 Å². The van der Waals surface area contributed by atoms with Crippen LogP contribution in [0, 0.1) is 5.82 Å². The number of amides is 1. The third kappa shape index (κ3) is 4.10. The number of halogens is 1. The standard InChI is InChI=1S/C15H14FNO2/c1-11(18)17-14-5-7-15(8-6-14)19-10-12-3-2-4-13(16)9-12/h2-9H,10H2,1H3,(H,17,18). The van der Waals surface area contributed by atoms with Crippen LogP contribution >= 0.6 is 0 Å². The van der Waals surface area contributed by atoms with Crippen molar-refractivity contribution in [1.82, 2.24) is 0 Å². The molecule has 0 radical (unpaired) electrons. The van der Waals surface area contributed by atoms with Gasteiger partial charge in [0.1, 0.15) is 18.2 Å². The lowest BCUT2D eigenvalue weighted by molar-refractivity contribution is -0.114. The molecule has 0 aliphatic rings. The van der Waals surface area contributed by atoms with Crippen molar-refractivity contribution in [3.8, 4) is 5.75 Å². The summed E-state index contributed by atoms with van der Waals surface area (Å²) >= 11 is 0. The van der Waals surface area contributed by atoms with Gasteiger partial charge in [-0.25, -0.2) is 4.39 Å². The van der Waals surface area contributed by atoms with Crippen molar-refractivity contribution in [1.29, 1.82) is 0 Å². The fraction of sp³-hybridized carbons (Fsp3) is 0.133. The number of carbonyl (C=O) groups excluding carboxylic acids is 1. The minimum atomic E-state index is -0.276. The summed E-state index contributed by atoms with van der Waals surface area (Å²) in [5.41, 5.74) is 1.48. The molecule has 0 saturated carbocycles. The summed E-state index contributed by atoms with van der Waals surface area (Å²) in [6.45, 7) is 1.76. The van der Waals surface area contributed by atoms with Crippen LogP contribution in [0.1, 0.15) is 12.5 Å². The molecule has 0 aromatic heterocycles. The maximum absolute atomic E-state index is 13.0. The highest BCUT2D eigenvalue weighted by Gasteiger charge is 1.99. The number of carbonyl (C=O) groups is 1. The van der Waals surface area contributed by atoms with Gasteiger partial charge in [0.05, 0.1) is 0 Å². The van der Waals surface area contributed by atoms with E-state index in [9.17, 15) is 9.18 Å². The first kappa shape index (κ1) is 13.1. The molecule has 0 spiro atoms. The molecule has 0 bridgehead atoms. The van der Waals surface area contributed by atoms with Gasteiger partial charge in [-0.3, -0.25) is 4.79 Å². The van der Waals surface area contributed by atoms with E-state index in [-0.39, 0.29) is 11.7 Å². The zero-order chi connectivity index (χ0) is 13.7. The van der Waals surface area contributed by atoms with E-state index < -0.39 is 0 Å². The zero-order valence-corrected chi connectivity index (χ0v) is 10.5. The van der Waals surface area contributed by atoms with Crippen molar-refractivity contribution in [3.63, 3.8) is 0 Å². The van der Waals surface area contributed by atoms with Gasteiger partial charge in [-0.2, -0.15) is 0 Å². The van der Waals surface area contributed by atoms with Gasteiger partial charge in [-0.15, -0.1) is 0 Å². The Bertz CT molecular complexity index is 567. The Morgan fingerprint density at radius 1 is 1.21 bits per heavy atom. The van der Waals surface area contributed by atoms with Crippen LogP contribution in [0.25, 0.3) is 0 Å². The molecule has 0 fully saturated rings. The minimum Gasteiger partial charge on any atom is -0.489 e. The van der Waals surface area contributed by atoms with Gasteiger partial charge < -0.3 is 10.1 Å². The molecule has 1 amide bonds. The Balaban J connectivity index is 1.94. The van der Waals surface area contributed by atoms with E-state index in [0.29, 0.717) is 18.0 Å². The normalized spacial score (nSPS) is 10.0. The van der Waals surface area contributed by atoms with Gasteiger partial charge >= 0.3 is 0 Å². The van der Waals surface area contributed by atoms with E-state index in [1.165, 1.54) is 19.1 Å². The molecule has 98 valence electrons. The molecule has 0 aliphatic carbocycles. The SMILES string of the molecule is CC(=O)Nc1ccc(OCc2cccc(F)c2)cc1. The monoisotopic (exact) mass is 259 g/mol. The lowest BCUT2D eigenvalue weighted by Gasteiger charge is -2.07. The first-order valence-electron chi connectivity index (χ1n) is 5.88. The number of hydrogen-bond donors (Lipinski definition) is 1. The Morgan fingerprint density at radius 3 is 2.58 bits per heavy atom. The van der Waals surface area contributed by atoms with Crippen LogP contribution in [0.15, 0.2) is 48.5 Å². The second-order valence-electron chi connectivity index (χ2n) is 4.12. The first-order chi connectivity index (χ1) is 9.13. The number of rotatable bonds is 4. The molecule has 0 saturated heterocycles. The average Bonchev–Trinajstić information content (AvgIpc) is 2.37. The Morgan fingerprint density at radius 2 is 1.95 bits per heavy atom. The molecule has 0 atom stereocenters.